The molecule has 114 valence electrons. The summed E-state index contributed by atoms with van der Waals surface area (Å²) in [4.78, 5) is 27.7. The number of hydrogen-bond donors (Lipinski definition) is 2. The molecule has 2 amide bonds. The third-order valence-electron chi connectivity index (χ3n) is 3.55. The molecule has 0 atom stereocenters. The van der Waals surface area contributed by atoms with E-state index in [9.17, 15) is 9.59 Å². The summed E-state index contributed by atoms with van der Waals surface area (Å²) in [5, 5.41) is 5.84. The molecule has 2 N–H and O–H groups in total. The molecule has 1 aliphatic rings. The summed E-state index contributed by atoms with van der Waals surface area (Å²) < 4.78 is 0. The Labute approximate surface area is 125 Å². The van der Waals surface area contributed by atoms with Gasteiger partial charge in [-0.1, -0.05) is 6.07 Å². The van der Waals surface area contributed by atoms with E-state index in [1.807, 2.05) is 44.1 Å². The lowest BCUT2D eigenvalue weighted by molar-refractivity contribution is -0.143. The summed E-state index contributed by atoms with van der Waals surface area (Å²) in [7, 11) is 3.89. The maximum absolute atomic E-state index is 12.1. The van der Waals surface area contributed by atoms with Gasteiger partial charge in [-0.15, -0.1) is 0 Å². The molecule has 0 aliphatic carbocycles. The molecule has 1 fully saturated rings. The average molecular weight is 290 g/mol. The van der Waals surface area contributed by atoms with Crippen molar-refractivity contribution in [2.45, 2.75) is 6.92 Å². The fourth-order valence-electron chi connectivity index (χ4n) is 2.37. The number of anilines is 2. The van der Waals surface area contributed by atoms with E-state index in [-0.39, 0.29) is 0 Å². The normalized spacial score (nSPS) is 14.7. The number of rotatable bonds is 2. The first-order valence-electron chi connectivity index (χ1n) is 7.08. The fourth-order valence-corrected chi connectivity index (χ4v) is 2.37. The Morgan fingerprint density at radius 3 is 2.52 bits per heavy atom. The Hall–Kier alpha value is -2.08. The SMILES string of the molecule is Cc1ccc(NC(=O)C(=O)N2CCNCC2)cc1N(C)C. The van der Waals surface area contributed by atoms with Gasteiger partial charge in [-0.2, -0.15) is 0 Å². The number of aryl methyl sites for hydroxylation is 1. The molecule has 0 aromatic heterocycles. The number of benzene rings is 1. The highest BCUT2D eigenvalue weighted by atomic mass is 16.2. The number of piperazine rings is 1. The van der Waals surface area contributed by atoms with E-state index in [2.05, 4.69) is 10.6 Å². The summed E-state index contributed by atoms with van der Waals surface area (Å²) in [5.74, 6) is -1.05. The van der Waals surface area contributed by atoms with Crippen LogP contribution in [0.25, 0.3) is 0 Å². The first-order valence-corrected chi connectivity index (χ1v) is 7.08. The molecule has 1 aromatic rings. The Kier molecular flexibility index (Phi) is 4.80. The molecule has 1 aliphatic heterocycles. The lowest BCUT2D eigenvalue weighted by Gasteiger charge is -2.26. The zero-order valence-corrected chi connectivity index (χ0v) is 12.8. The highest BCUT2D eigenvalue weighted by Gasteiger charge is 2.23. The van der Waals surface area contributed by atoms with Gasteiger partial charge in [0.25, 0.3) is 0 Å². The molecular weight excluding hydrogens is 268 g/mol. The predicted molar refractivity (Wildman–Crippen MR) is 83.6 cm³/mol. The largest absolute Gasteiger partial charge is 0.377 e. The van der Waals surface area contributed by atoms with Gasteiger partial charge < -0.3 is 20.4 Å². The molecule has 0 saturated carbocycles. The van der Waals surface area contributed by atoms with Crippen LogP contribution in [-0.4, -0.2) is 57.0 Å². The van der Waals surface area contributed by atoms with Crippen molar-refractivity contribution in [3.63, 3.8) is 0 Å². The van der Waals surface area contributed by atoms with Gasteiger partial charge in [-0.05, 0) is 24.6 Å². The molecule has 0 spiro atoms. The molecule has 0 bridgehead atoms. The zero-order chi connectivity index (χ0) is 15.4. The number of carbonyl (C=O) groups is 2. The average Bonchev–Trinajstić information content (AvgIpc) is 2.49. The number of hydrogen-bond acceptors (Lipinski definition) is 4. The van der Waals surface area contributed by atoms with Crippen molar-refractivity contribution >= 4 is 23.2 Å². The second-order valence-electron chi connectivity index (χ2n) is 5.39. The van der Waals surface area contributed by atoms with Crippen molar-refractivity contribution in [3.8, 4) is 0 Å². The first-order chi connectivity index (χ1) is 9.99. The van der Waals surface area contributed by atoms with Crippen molar-refractivity contribution in [3.05, 3.63) is 23.8 Å². The van der Waals surface area contributed by atoms with Crippen molar-refractivity contribution in [2.75, 3.05) is 50.5 Å². The zero-order valence-electron chi connectivity index (χ0n) is 12.8. The third kappa shape index (κ3) is 3.72. The van der Waals surface area contributed by atoms with E-state index in [0.717, 1.165) is 24.3 Å². The quantitative estimate of drug-likeness (QED) is 0.775. The van der Waals surface area contributed by atoms with E-state index >= 15 is 0 Å². The Balaban J connectivity index is 2.05. The number of carbonyl (C=O) groups excluding carboxylic acids is 2. The van der Waals surface area contributed by atoms with Crippen LogP contribution in [0.15, 0.2) is 18.2 Å². The van der Waals surface area contributed by atoms with E-state index in [1.54, 1.807) is 4.90 Å². The second-order valence-corrected chi connectivity index (χ2v) is 5.39. The van der Waals surface area contributed by atoms with Gasteiger partial charge in [-0.25, -0.2) is 0 Å². The summed E-state index contributed by atoms with van der Waals surface area (Å²) >= 11 is 0. The van der Waals surface area contributed by atoms with E-state index in [1.165, 1.54) is 0 Å². The van der Waals surface area contributed by atoms with Crippen LogP contribution in [0.3, 0.4) is 0 Å². The van der Waals surface area contributed by atoms with Crippen LogP contribution in [0.2, 0.25) is 0 Å². The summed E-state index contributed by atoms with van der Waals surface area (Å²) in [6.45, 7) is 4.61. The minimum Gasteiger partial charge on any atom is -0.377 e. The Morgan fingerprint density at radius 2 is 1.90 bits per heavy atom. The smallest absolute Gasteiger partial charge is 0.313 e. The van der Waals surface area contributed by atoms with Crippen molar-refractivity contribution in [1.29, 1.82) is 0 Å². The minimum atomic E-state index is -0.578. The molecule has 1 heterocycles. The van der Waals surface area contributed by atoms with Gasteiger partial charge in [-0.3, -0.25) is 9.59 Å². The Morgan fingerprint density at radius 1 is 1.24 bits per heavy atom. The molecule has 2 rings (SSSR count). The van der Waals surface area contributed by atoms with E-state index in [0.29, 0.717) is 18.8 Å². The molecule has 6 heteroatoms. The molecule has 0 unspecified atom stereocenters. The molecule has 21 heavy (non-hydrogen) atoms. The van der Waals surface area contributed by atoms with E-state index in [4.69, 9.17) is 0 Å². The third-order valence-corrected chi connectivity index (χ3v) is 3.55. The van der Waals surface area contributed by atoms with Crippen LogP contribution in [0.1, 0.15) is 5.56 Å². The molecule has 0 radical (unpaired) electrons. The summed E-state index contributed by atoms with van der Waals surface area (Å²) in [5.41, 5.74) is 2.77. The maximum atomic E-state index is 12.1. The lowest BCUT2D eigenvalue weighted by atomic mass is 10.1. The van der Waals surface area contributed by atoms with Crippen LogP contribution < -0.4 is 15.5 Å². The standard InChI is InChI=1S/C15H22N4O2/c1-11-4-5-12(10-13(11)18(2)3)17-14(20)15(21)19-8-6-16-7-9-19/h4-5,10,16H,6-9H2,1-3H3,(H,17,20). The molecule has 6 nitrogen and oxygen atoms in total. The predicted octanol–water partition coefficient (Wildman–Crippen LogP) is 0.431. The van der Waals surface area contributed by atoms with Crippen LogP contribution in [0.5, 0.6) is 0 Å². The lowest BCUT2D eigenvalue weighted by Crippen LogP contribution is -2.49. The van der Waals surface area contributed by atoms with Gasteiger partial charge in [0.05, 0.1) is 0 Å². The number of amides is 2. The number of nitrogens with zero attached hydrogens (tertiary/aromatic N) is 2. The number of nitrogens with one attached hydrogen (secondary N) is 2. The summed E-state index contributed by atoms with van der Waals surface area (Å²) in [6.07, 6.45) is 0. The van der Waals surface area contributed by atoms with Crippen molar-refractivity contribution in [2.24, 2.45) is 0 Å². The second kappa shape index (κ2) is 6.58. The van der Waals surface area contributed by atoms with Crippen LogP contribution >= 0.6 is 0 Å². The van der Waals surface area contributed by atoms with Gasteiger partial charge in [0.15, 0.2) is 0 Å². The highest BCUT2D eigenvalue weighted by molar-refractivity contribution is 6.39. The fraction of sp³-hybridized carbons (Fsp3) is 0.467. The minimum absolute atomic E-state index is 0.469. The molecular formula is C15H22N4O2. The van der Waals surface area contributed by atoms with Crippen LogP contribution in [-0.2, 0) is 9.59 Å². The molecule has 1 aromatic carbocycles. The van der Waals surface area contributed by atoms with Gasteiger partial charge in [0.2, 0.25) is 0 Å². The van der Waals surface area contributed by atoms with Gasteiger partial charge in [0, 0.05) is 51.6 Å². The Bertz CT molecular complexity index is 536. The highest BCUT2D eigenvalue weighted by Crippen LogP contribution is 2.22. The first kappa shape index (κ1) is 15.3. The summed E-state index contributed by atoms with van der Waals surface area (Å²) in [6, 6.07) is 5.61. The monoisotopic (exact) mass is 290 g/mol. The van der Waals surface area contributed by atoms with Crippen molar-refractivity contribution in [1.82, 2.24) is 10.2 Å². The molecule has 1 saturated heterocycles. The van der Waals surface area contributed by atoms with Crippen LogP contribution in [0, 0.1) is 6.92 Å². The maximum Gasteiger partial charge on any atom is 0.313 e. The topological polar surface area (TPSA) is 64.7 Å². The van der Waals surface area contributed by atoms with Crippen molar-refractivity contribution < 1.29 is 9.59 Å². The van der Waals surface area contributed by atoms with Gasteiger partial charge >= 0.3 is 11.8 Å². The van der Waals surface area contributed by atoms with E-state index < -0.39 is 11.8 Å². The van der Waals surface area contributed by atoms with Crippen LogP contribution in [0.4, 0.5) is 11.4 Å². The van der Waals surface area contributed by atoms with Gasteiger partial charge in [0.1, 0.15) is 0 Å².